The van der Waals surface area contributed by atoms with Crippen molar-refractivity contribution in [3.8, 4) is 0 Å². The zero-order valence-corrected chi connectivity index (χ0v) is 14.1. The average Bonchev–Trinajstić information content (AvgIpc) is 3.18. The van der Waals surface area contributed by atoms with Crippen molar-refractivity contribution in [3.63, 3.8) is 0 Å². The maximum Gasteiger partial charge on any atom is 0.333 e. The number of hydrogen-bond donors (Lipinski definition) is 1. The van der Waals surface area contributed by atoms with Gasteiger partial charge in [0.15, 0.2) is 0 Å². The first-order valence-corrected chi connectivity index (χ1v) is 8.41. The van der Waals surface area contributed by atoms with Crippen molar-refractivity contribution < 1.29 is 19.0 Å². The fourth-order valence-electron chi connectivity index (χ4n) is 3.44. The molecule has 0 radical (unpaired) electrons. The Kier molecular flexibility index (Phi) is 4.09. The SMILES string of the molecule is C=C1C(=O)OCC1C(O)c1cn(Cc2ccc(F)cc2)c2ccccc12. The van der Waals surface area contributed by atoms with E-state index in [9.17, 15) is 14.3 Å². The quantitative estimate of drug-likeness (QED) is 0.577. The number of aromatic nitrogens is 1. The first-order valence-electron chi connectivity index (χ1n) is 8.41. The normalized spacial score (nSPS) is 18.3. The van der Waals surface area contributed by atoms with Gasteiger partial charge in [0, 0.05) is 34.8 Å². The maximum atomic E-state index is 13.1. The smallest absolute Gasteiger partial charge is 0.333 e. The molecule has 0 amide bonds. The van der Waals surface area contributed by atoms with Crippen LogP contribution in [0.4, 0.5) is 4.39 Å². The number of aliphatic hydroxyl groups is 1. The highest BCUT2D eigenvalue weighted by molar-refractivity contribution is 5.91. The molecule has 3 aromatic rings. The summed E-state index contributed by atoms with van der Waals surface area (Å²) in [5, 5.41) is 11.8. The molecule has 1 N–H and O–H groups in total. The highest BCUT2D eigenvalue weighted by Gasteiger charge is 2.36. The van der Waals surface area contributed by atoms with Crippen molar-refractivity contribution in [3.05, 3.63) is 83.8 Å². The summed E-state index contributed by atoms with van der Waals surface area (Å²) in [5.41, 5.74) is 2.94. The number of esters is 1. The van der Waals surface area contributed by atoms with Crippen molar-refractivity contribution in [2.75, 3.05) is 6.61 Å². The Balaban J connectivity index is 1.73. The van der Waals surface area contributed by atoms with E-state index in [1.54, 1.807) is 12.1 Å². The number of carbonyl (C=O) groups excluding carboxylic acids is 1. The van der Waals surface area contributed by atoms with E-state index in [0.29, 0.717) is 12.1 Å². The number of benzene rings is 2. The topological polar surface area (TPSA) is 51.5 Å². The van der Waals surface area contributed by atoms with Gasteiger partial charge in [0.05, 0.1) is 12.0 Å². The van der Waals surface area contributed by atoms with Gasteiger partial charge in [-0.05, 0) is 23.8 Å². The van der Waals surface area contributed by atoms with Crippen molar-refractivity contribution in [2.24, 2.45) is 5.92 Å². The molecular formula is C21H18FNO3. The largest absolute Gasteiger partial charge is 0.462 e. The molecule has 132 valence electrons. The van der Waals surface area contributed by atoms with Gasteiger partial charge in [0.2, 0.25) is 0 Å². The summed E-state index contributed by atoms with van der Waals surface area (Å²) in [4.78, 5) is 11.6. The van der Waals surface area contributed by atoms with E-state index in [4.69, 9.17) is 4.74 Å². The molecule has 1 aromatic heterocycles. The van der Waals surface area contributed by atoms with Crippen LogP contribution in [0.5, 0.6) is 0 Å². The molecule has 0 bridgehead atoms. The summed E-state index contributed by atoms with van der Waals surface area (Å²) in [6, 6.07) is 14.1. The molecule has 2 heterocycles. The Morgan fingerprint density at radius 2 is 1.96 bits per heavy atom. The number of carbonyl (C=O) groups is 1. The lowest BCUT2D eigenvalue weighted by Crippen LogP contribution is -2.14. The molecule has 0 saturated carbocycles. The Hall–Kier alpha value is -2.92. The third-order valence-electron chi connectivity index (χ3n) is 4.89. The Morgan fingerprint density at radius 3 is 2.65 bits per heavy atom. The fraction of sp³-hybridized carbons (Fsp3) is 0.190. The van der Waals surface area contributed by atoms with Crippen LogP contribution < -0.4 is 0 Å². The molecule has 5 heteroatoms. The van der Waals surface area contributed by atoms with Crippen LogP contribution in [0.15, 0.2) is 66.9 Å². The number of para-hydroxylation sites is 1. The minimum absolute atomic E-state index is 0.135. The van der Waals surface area contributed by atoms with Gasteiger partial charge < -0.3 is 14.4 Å². The first kappa shape index (κ1) is 16.5. The number of cyclic esters (lactones) is 1. The van der Waals surface area contributed by atoms with Crippen LogP contribution in [0.3, 0.4) is 0 Å². The molecule has 1 aliphatic heterocycles. The number of ether oxygens (including phenoxy) is 1. The summed E-state index contributed by atoms with van der Waals surface area (Å²) in [6.07, 6.45) is 1.00. The van der Waals surface area contributed by atoms with Crippen LogP contribution in [0, 0.1) is 11.7 Å². The number of hydrogen-bond acceptors (Lipinski definition) is 3. The van der Waals surface area contributed by atoms with Crippen LogP contribution in [-0.4, -0.2) is 22.2 Å². The van der Waals surface area contributed by atoms with Gasteiger partial charge in [-0.25, -0.2) is 9.18 Å². The van der Waals surface area contributed by atoms with E-state index in [0.717, 1.165) is 22.0 Å². The monoisotopic (exact) mass is 351 g/mol. The van der Waals surface area contributed by atoms with Gasteiger partial charge in [0.25, 0.3) is 0 Å². The molecule has 0 spiro atoms. The number of rotatable bonds is 4. The van der Waals surface area contributed by atoms with Gasteiger partial charge >= 0.3 is 5.97 Å². The average molecular weight is 351 g/mol. The molecule has 1 fully saturated rings. The second kappa shape index (κ2) is 6.42. The van der Waals surface area contributed by atoms with E-state index < -0.39 is 18.0 Å². The lowest BCUT2D eigenvalue weighted by Gasteiger charge is -2.15. The maximum absolute atomic E-state index is 13.1. The lowest BCUT2D eigenvalue weighted by atomic mass is 9.92. The first-order chi connectivity index (χ1) is 12.5. The number of fused-ring (bicyclic) bond motifs is 1. The summed E-state index contributed by atoms with van der Waals surface area (Å²) in [6.45, 7) is 4.43. The predicted molar refractivity (Wildman–Crippen MR) is 96.0 cm³/mol. The molecule has 0 aliphatic carbocycles. The lowest BCUT2D eigenvalue weighted by molar-refractivity contribution is -0.135. The molecule has 26 heavy (non-hydrogen) atoms. The predicted octanol–water partition coefficient (Wildman–Crippen LogP) is 3.59. The van der Waals surface area contributed by atoms with Crippen molar-refractivity contribution in [2.45, 2.75) is 12.6 Å². The minimum atomic E-state index is -0.881. The number of nitrogens with zero attached hydrogens (tertiary/aromatic N) is 1. The zero-order chi connectivity index (χ0) is 18.3. The Morgan fingerprint density at radius 1 is 1.23 bits per heavy atom. The van der Waals surface area contributed by atoms with Gasteiger partial charge in [-0.2, -0.15) is 0 Å². The van der Waals surface area contributed by atoms with E-state index in [1.807, 2.05) is 35.0 Å². The second-order valence-corrected chi connectivity index (χ2v) is 6.53. The van der Waals surface area contributed by atoms with Gasteiger partial charge in [0.1, 0.15) is 12.4 Å². The number of aliphatic hydroxyl groups excluding tert-OH is 1. The summed E-state index contributed by atoms with van der Waals surface area (Å²) < 4.78 is 20.2. The van der Waals surface area contributed by atoms with Crippen LogP contribution in [-0.2, 0) is 16.1 Å². The van der Waals surface area contributed by atoms with Crippen LogP contribution in [0.2, 0.25) is 0 Å². The summed E-state index contributed by atoms with van der Waals surface area (Å²) in [7, 11) is 0. The summed E-state index contributed by atoms with van der Waals surface area (Å²) >= 11 is 0. The highest BCUT2D eigenvalue weighted by atomic mass is 19.1. The van der Waals surface area contributed by atoms with Gasteiger partial charge in [-0.1, -0.05) is 36.9 Å². The van der Waals surface area contributed by atoms with E-state index in [1.165, 1.54) is 12.1 Å². The molecule has 1 saturated heterocycles. The number of halogens is 1. The molecule has 4 nitrogen and oxygen atoms in total. The molecule has 2 atom stereocenters. The molecule has 2 aromatic carbocycles. The van der Waals surface area contributed by atoms with Crippen LogP contribution in [0.1, 0.15) is 17.2 Å². The highest BCUT2D eigenvalue weighted by Crippen LogP contribution is 2.36. The van der Waals surface area contributed by atoms with Crippen LogP contribution >= 0.6 is 0 Å². The Bertz CT molecular complexity index is 990. The van der Waals surface area contributed by atoms with Crippen molar-refractivity contribution in [1.29, 1.82) is 0 Å². The molecule has 4 rings (SSSR count). The molecule has 1 aliphatic rings. The van der Waals surface area contributed by atoms with Crippen LogP contribution in [0.25, 0.3) is 10.9 Å². The summed E-state index contributed by atoms with van der Waals surface area (Å²) in [5.74, 6) is -1.18. The minimum Gasteiger partial charge on any atom is -0.462 e. The van der Waals surface area contributed by atoms with Crippen molar-refractivity contribution in [1.82, 2.24) is 4.57 Å². The third-order valence-corrected chi connectivity index (χ3v) is 4.89. The van der Waals surface area contributed by atoms with Gasteiger partial charge in [-0.15, -0.1) is 0 Å². The molecular weight excluding hydrogens is 333 g/mol. The van der Waals surface area contributed by atoms with Crippen molar-refractivity contribution >= 4 is 16.9 Å². The van der Waals surface area contributed by atoms with E-state index in [2.05, 4.69) is 6.58 Å². The van der Waals surface area contributed by atoms with E-state index >= 15 is 0 Å². The molecule has 2 unspecified atom stereocenters. The second-order valence-electron chi connectivity index (χ2n) is 6.53. The zero-order valence-electron chi connectivity index (χ0n) is 14.1. The Labute approximate surface area is 150 Å². The fourth-order valence-corrected chi connectivity index (χ4v) is 3.44. The standard InChI is InChI=1S/C21H18FNO3/c1-13-18(12-26-21(13)25)20(24)17-11-23(19-5-3-2-4-16(17)19)10-14-6-8-15(22)9-7-14/h2-9,11,18,20,24H,1,10,12H2. The van der Waals surface area contributed by atoms with Gasteiger partial charge in [-0.3, -0.25) is 0 Å². The third kappa shape index (κ3) is 2.80. The van der Waals surface area contributed by atoms with E-state index in [-0.39, 0.29) is 12.4 Å².